The molecule has 1 N–H and O–H groups in total. The number of aromatic amines is 1. The summed E-state index contributed by atoms with van der Waals surface area (Å²) in [5.41, 5.74) is 0. The third-order valence-corrected chi connectivity index (χ3v) is 1.66. The van der Waals surface area contributed by atoms with E-state index in [0.717, 1.165) is 0 Å². The summed E-state index contributed by atoms with van der Waals surface area (Å²) in [6.45, 7) is 0.155. The van der Waals surface area contributed by atoms with Crippen LogP contribution in [0.1, 0.15) is 0 Å². The zero-order chi connectivity index (χ0) is 9.80. The molecule has 0 unspecified atom stereocenters. The van der Waals surface area contributed by atoms with Gasteiger partial charge in [0.15, 0.2) is 0 Å². The molecule has 0 saturated heterocycles. The largest absolute Gasteiger partial charge is 0.448 e. The fraction of sp³-hybridized carbons (Fsp3) is 0.125. The molecule has 2 rings (SSSR count). The summed E-state index contributed by atoms with van der Waals surface area (Å²) in [7, 11) is 0. The highest BCUT2D eigenvalue weighted by molar-refractivity contribution is 5.50. The van der Waals surface area contributed by atoms with Gasteiger partial charge in [0.05, 0.1) is 12.3 Å². The van der Waals surface area contributed by atoms with E-state index in [2.05, 4.69) is 15.2 Å². The van der Waals surface area contributed by atoms with Gasteiger partial charge in [0.2, 0.25) is 11.8 Å². The van der Waals surface area contributed by atoms with Crippen LogP contribution in [0.4, 0.5) is 11.8 Å². The lowest BCUT2D eigenvalue weighted by molar-refractivity contribution is 0.564. The van der Waals surface area contributed by atoms with Crippen molar-refractivity contribution in [3.8, 4) is 6.07 Å². The van der Waals surface area contributed by atoms with Gasteiger partial charge in [0.25, 0.3) is 0 Å². The second-order valence-electron chi connectivity index (χ2n) is 2.50. The van der Waals surface area contributed by atoms with Crippen molar-refractivity contribution in [3.63, 3.8) is 0 Å². The van der Waals surface area contributed by atoms with Crippen molar-refractivity contribution in [3.05, 3.63) is 24.7 Å². The summed E-state index contributed by atoms with van der Waals surface area (Å²) in [5.74, 6) is 1.05. The van der Waals surface area contributed by atoms with E-state index in [1.54, 1.807) is 17.0 Å². The first-order valence-electron chi connectivity index (χ1n) is 3.95. The van der Waals surface area contributed by atoms with Crippen molar-refractivity contribution in [1.29, 1.82) is 5.26 Å². The molecule has 0 fully saturated rings. The van der Waals surface area contributed by atoms with Crippen LogP contribution < -0.4 is 4.90 Å². The molecule has 0 aliphatic rings. The van der Waals surface area contributed by atoms with Crippen LogP contribution in [-0.2, 0) is 0 Å². The summed E-state index contributed by atoms with van der Waals surface area (Å²) >= 11 is 0. The van der Waals surface area contributed by atoms with E-state index in [1.165, 1.54) is 12.6 Å². The molecular weight excluding hydrogens is 182 g/mol. The van der Waals surface area contributed by atoms with Gasteiger partial charge in [-0.15, -0.1) is 0 Å². The second-order valence-corrected chi connectivity index (χ2v) is 2.50. The van der Waals surface area contributed by atoms with Gasteiger partial charge in [-0.2, -0.15) is 15.3 Å². The van der Waals surface area contributed by atoms with Crippen LogP contribution in [0.3, 0.4) is 0 Å². The molecule has 14 heavy (non-hydrogen) atoms. The fourth-order valence-corrected chi connectivity index (χ4v) is 1.08. The van der Waals surface area contributed by atoms with Gasteiger partial charge >= 0.3 is 0 Å². The molecule has 0 aliphatic carbocycles. The molecule has 6 heteroatoms. The molecule has 2 heterocycles. The number of rotatable bonds is 3. The van der Waals surface area contributed by atoms with E-state index < -0.39 is 0 Å². The lowest BCUT2D eigenvalue weighted by Crippen LogP contribution is -2.17. The van der Waals surface area contributed by atoms with Gasteiger partial charge in [-0.3, -0.25) is 4.90 Å². The molecule has 0 spiro atoms. The molecule has 0 bridgehead atoms. The van der Waals surface area contributed by atoms with E-state index >= 15 is 0 Å². The Balaban J connectivity index is 2.30. The Morgan fingerprint density at radius 1 is 1.64 bits per heavy atom. The monoisotopic (exact) mass is 189 g/mol. The highest BCUT2D eigenvalue weighted by Crippen LogP contribution is 2.20. The van der Waals surface area contributed by atoms with Gasteiger partial charge in [0.1, 0.15) is 12.9 Å². The maximum Gasteiger partial charge on any atom is 0.228 e. The number of H-pyrrole nitrogens is 1. The molecule has 70 valence electrons. The Hall–Kier alpha value is -2.29. The number of hydrogen-bond donors (Lipinski definition) is 1. The van der Waals surface area contributed by atoms with E-state index in [0.29, 0.717) is 11.8 Å². The van der Waals surface area contributed by atoms with Crippen LogP contribution in [-0.4, -0.2) is 21.7 Å². The first-order valence-corrected chi connectivity index (χ1v) is 3.95. The van der Waals surface area contributed by atoms with Crippen molar-refractivity contribution < 1.29 is 4.42 Å². The van der Waals surface area contributed by atoms with Crippen molar-refractivity contribution in [2.45, 2.75) is 0 Å². The maximum atomic E-state index is 8.64. The summed E-state index contributed by atoms with van der Waals surface area (Å²) in [5, 5.41) is 15.0. The van der Waals surface area contributed by atoms with Crippen molar-refractivity contribution in [1.82, 2.24) is 15.2 Å². The lowest BCUT2D eigenvalue weighted by Gasteiger charge is -2.13. The highest BCUT2D eigenvalue weighted by Gasteiger charge is 2.13. The second kappa shape index (κ2) is 3.62. The predicted molar refractivity (Wildman–Crippen MR) is 47.7 cm³/mol. The minimum Gasteiger partial charge on any atom is -0.448 e. The lowest BCUT2D eigenvalue weighted by atomic mass is 10.5. The number of nitriles is 1. The average molecular weight is 189 g/mol. The minimum atomic E-state index is 0.155. The Labute approximate surface area is 79.8 Å². The molecule has 0 aromatic carbocycles. The van der Waals surface area contributed by atoms with Crippen LogP contribution in [0, 0.1) is 11.3 Å². The maximum absolute atomic E-state index is 8.64. The quantitative estimate of drug-likeness (QED) is 0.730. The van der Waals surface area contributed by atoms with Crippen LogP contribution in [0.15, 0.2) is 29.1 Å². The number of nitrogens with zero attached hydrogens (tertiary/aromatic N) is 4. The normalized spacial score (nSPS) is 9.64. The molecular formula is C8H7N5O. The van der Waals surface area contributed by atoms with E-state index in [4.69, 9.17) is 9.68 Å². The third kappa shape index (κ3) is 1.43. The van der Waals surface area contributed by atoms with Crippen molar-refractivity contribution in [2.24, 2.45) is 0 Å². The third-order valence-electron chi connectivity index (χ3n) is 1.66. The molecule has 0 saturated carbocycles. The number of nitrogens with one attached hydrogen (secondary N) is 1. The smallest absolute Gasteiger partial charge is 0.228 e. The van der Waals surface area contributed by atoms with Crippen LogP contribution in [0.25, 0.3) is 0 Å². The van der Waals surface area contributed by atoms with Gasteiger partial charge < -0.3 is 4.42 Å². The summed E-state index contributed by atoms with van der Waals surface area (Å²) in [4.78, 5) is 5.53. The molecule has 0 atom stereocenters. The van der Waals surface area contributed by atoms with E-state index in [9.17, 15) is 0 Å². The van der Waals surface area contributed by atoms with Gasteiger partial charge in [-0.05, 0) is 6.07 Å². The van der Waals surface area contributed by atoms with Crippen molar-refractivity contribution >= 4 is 11.8 Å². The van der Waals surface area contributed by atoms with Gasteiger partial charge in [-0.1, -0.05) is 0 Å². The summed E-state index contributed by atoms with van der Waals surface area (Å²) < 4.78 is 5.16. The highest BCUT2D eigenvalue weighted by atomic mass is 16.3. The Kier molecular flexibility index (Phi) is 2.15. The fourth-order valence-electron chi connectivity index (χ4n) is 1.08. The Morgan fingerprint density at radius 2 is 2.57 bits per heavy atom. The topological polar surface area (TPSA) is 81.7 Å². The molecule has 0 radical (unpaired) electrons. The number of furan rings is 1. The summed E-state index contributed by atoms with van der Waals surface area (Å²) in [6.07, 6.45) is 2.92. The number of aromatic nitrogens is 3. The molecule has 2 aromatic rings. The predicted octanol–water partition coefficient (Wildman–Crippen LogP) is 1.06. The zero-order valence-electron chi connectivity index (χ0n) is 7.21. The van der Waals surface area contributed by atoms with Crippen molar-refractivity contribution in [2.75, 3.05) is 11.4 Å². The Bertz CT molecular complexity index is 379. The minimum absolute atomic E-state index is 0.155. The molecule has 2 aromatic heterocycles. The van der Waals surface area contributed by atoms with Gasteiger partial charge in [0, 0.05) is 6.07 Å². The van der Waals surface area contributed by atoms with E-state index in [-0.39, 0.29) is 6.54 Å². The van der Waals surface area contributed by atoms with Gasteiger partial charge in [-0.25, -0.2) is 5.10 Å². The first-order chi connectivity index (χ1) is 6.92. The molecule has 0 amide bonds. The average Bonchev–Trinajstić information content (AvgIpc) is 2.87. The molecule has 0 aliphatic heterocycles. The van der Waals surface area contributed by atoms with Crippen LogP contribution >= 0.6 is 0 Å². The van der Waals surface area contributed by atoms with E-state index in [1.807, 2.05) is 6.07 Å². The molecule has 6 nitrogen and oxygen atoms in total. The SMILES string of the molecule is N#CCN(c1ncn[nH]1)c1ccco1. The Morgan fingerprint density at radius 3 is 3.14 bits per heavy atom. The number of anilines is 2. The zero-order valence-corrected chi connectivity index (χ0v) is 7.21. The number of hydrogen-bond acceptors (Lipinski definition) is 5. The standard InChI is InChI=1S/C8H7N5O/c9-3-4-13(7-2-1-5-14-7)8-10-6-11-12-8/h1-2,5-6H,4H2,(H,10,11,12). The first kappa shape index (κ1) is 8.31. The van der Waals surface area contributed by atoms with Crippen LogP contribution in [0.2, 0.25) is 0 Å². The summed E-state index contributed by atoms with van der Waals surface area (Å²) in [6, 6.07) is 5.52. The van der Waals surface area contributed by atoms with Crippen LogP contribution in [0.5, 0.6) is 0 Å².